The standard InChI is InChI=1S/C10H13NO2/c12-6-9-3-7-1-2-10(13)4-8(7)5-11-9/h1-2,4,9,11-13H,3,5-6H2. The molecule has 3 heteroatoms. The highest BCUT2D eigenvalue weighted by atomic mass is 16.3. The molecule has 1 atom stereocenters. The molecule has 1 aliphatic heterocycles. The van der Waals surface area contributed by atoms with E-state index in [4.69, 9.17) is 5.11 Å². The Balaban J connectivity index is 2.26. The first kappa shape index (κ1) is 8.53. The number of aliphatic hydroxyl groups excluding tert-OH is 1. The molecular formula is C10H13NO2. The lowest BCUT2D eigenvalue weighted by Crippen LogP contribution is -2.38. The van der Waals surface area contributed by atoms with E-state index < -0.39 is 0 Å². The molecule has 0 amide bonds. The summed E-state index contributed by atoms with van der Waals surface area (Å²) < 4.78 is 0. The number of aromatic hydroxyl groups is 1. The minimum absolute atomic E-state index is 0.164. The van der Waals surface area contributed by atoms with Gasteiger partial charge in [0, 0.05) is 12.6 Å². The van der Waals surface area contributed by atoms with Gasteiger partial charge >= 0.3 is 0 Å². The normalized spacial score (nSPS) is 21.2. The number of hydrogen-bond acceptors (Lipinski definition) is 3. The van der Waals surface area contributed by atoms with E-state index in [1.54, 1.807) is 12.1 Å². The summed E-state index contributed by atoms with van der Waals surface area (Å²) in [5.41, 5.74) is 2.35. The highest BCUT2D eigenvalue weighted by molar-refractivity contribution is 5.36. The van der Waals surface area contributed by atoms with Crippen molar-refractivity contribution in [3.8, 4) is 5.75 Å². The fraction of sp³-hybridized carbons (Fsp3) is 0.400. The van der Waals surface area contributed by atoms with Crippen LogP contribution in [0.2, 0.25) is 0 Å². The molecule has 3 nitrogen and oxygen atoms in total. The van der Waals surface area contributed by atoms with Gasteiger partial charge in [0.2, 0.25) is 0 Å². The second-order valence-corrected chi connectivity index (χ2v) is 3.42. The van der Waals surface area contributed by atoms with E-state index in [0.717, 1.165) is 18.5 Å². The monoisotopic (exact) mass is 179 g/mol. The molecule has 13 heavy (non-hydrogen) atoms. The molecule has 0 saturated carbocycles. The van der Waals surface area contributed by atoms with Gasteiger partial charge in [0.1, 0.15) is 5.75 Å². The number of phenols is 1. The van der Waals surface area contributed by atoms with Crippen molar-refractivity contribution in [2.75, 3.05) is 6.61 Å². The van der Waals surface area contributed by atoms with Gasteiger partial charge in [0.05, 0.1) is 6.61 Å². The molecule has 0 bridgehead atoms. The summed E-state index contributed by atoms with van der Waals surface area (Å²) in [6.45, 7) is 0.898. The summed E-state index contributed by atoms with van der Waals surface area (Å²) in [7, 11) is 0. The largest absolute Gasteiger partial charge is 0.508 e. The molecule has 0 aliphatic carbocycles. The van der Waals surface area contributed by atoms with Gasteiger partial charge in [-0.05, 0) is 29.7 Å². The molecule has 0 fully saturated rings. The zero-order chi connectivity index (χ0) is 9.26. The van der Waals surface area contributed by atoms with Crippen LogP contribution in [0, 0.1) is 0 Å². The maximum Gasteiger partial charge on any atom is 0.115 e. The third-order valence-electron chi connectivity index (χ3n) is 2.46. The zero-order valence-corrected chi connectivity index (χ0v) is 7.33. The Morgan fingerprint density at radius 2 is 2.23 bits per heavy atom. The van der Waals surface area contributed by atoms with Crippen molar-refractivity contribution in [1.82, 2.24) is 5.32 Å². The molecule has 1 heterocycles. The molecule has 1 unspecified atom stereocenters. The molecule has 70 valence electrons. The number of hydrogen-bond donors (Lipinski definition) is 3. The van der Waals surface area contributed by atoms with E-state index in [1.807, 2.05) is 6.07 Å². The van der Waals surface area contributed by atoms with Crippen LogP contribution in [0.3, 0.4) is 0 Å². The van der Waals surface area contributed by atoms with Crippen LogP contribution in [0.5, 0.6) is 5.75 Å². The lowest BCUT2D eigenvalue weighted by molar-refractivity contribution is 0.235. The minimum Gasteiger partial charge on any atom is -0.508 e. The number of benzene rings is 1. The van der Waals surface area contributed by atoms with Crippen LogP contribution in [-0.4, -0.2) is 22.9 Å². The molecule has 1 aromatic carbocycles. The van der Waals surface area contributed by atoms with Crippen molar-refractivity contribution in [3.05, 3.63) is 29.3 Å². The van der Waals surface area contributed by atoms with Gasteiger partial charge in [-0.25, -0.2) is 0 Å². The molecule has 3 N–H and O–H groups in total. The van der Waals surface area contributed by atoms with Crippen LogP contribution in [-0.2, 0) is 13.0 Å². The minimum atomic E-state index is 0.164. The van der Waals surface area contributed by atoms with Gasteiger partial charge in [-0.2, -0.15) is 0 Å². The van der Waals surface area contributed by atoms with Crippen molar-refractivity contribution in [2.24, 2.45) is 0 Å². The summed E-state index contributed by atoms with van der Waals surface area (Å²) in [4.78, 5) is 0. The first-order valence-corrected chi connectivity index (χ1v) is 4.44. The van der Waals surface area contributed by atoms with Crippen molar-refractivity contribution < 1.29 is 10.2 Å². The van der Waals surface area contributed by atoms with E-state index in [0.29, 0.717) is 5.75 Å². The Morgan fingerprint density at radius 1 is 1.38 bits per heavy atom. The predicted octanol–water partition coefficient (Wildman–Crippen LogP) is 0.399. The number of nitrogens with one attached hydrogen (secondary N) is 1. The Hall–Kier alpha value is -1.06. The summed E-state index contributed by atoms with van der Waals surface area (Å²) in [6.07, 6.45) is 0.839. The highest BCUT2D eigenvalue weighted by Gasteiger charge is 2.16. The molecule has 1 aromatic rings. The van der Waals surface area contributed by atoms with Crippen LogP contribution in [0.4, 0.5) is 0 Å². The predicted molar refractivity (Wildman–Crippen MR) is 49.5 cm³/mol. The first-order chi connectivity index (χ1) is 6.29. The van der Waals surface area contributed by atoms with Crippen LogP contribution in [0.25, 0.3) is 0 Å². The molecule has 0 saturated heterocycles. The molecule has 0 radical (unpaired) electrons. The van der Waals surface area contributed by atoms with E-state index in [-0.39, 0.29) is 12.6 Å². The third-order valence-corrected chi connectivity index (χ3v) is 2.46. The van der Waals surface area contributed by atoms with E-state index in [2.05, 4.69) is 5.32 Å². The topological polar surface area (TPSA) is 52.5 Å². The first-order valence-electron chi connectivity index (χ1n) is 4.44. The lowest BCUT2D eigenvalue weighted by atomic mass is 9.96. The van der Waals surface area contributed by atoms with E-state index >= 15 is 0 Å². The lowest BCUT2D eigenvalue weighted by Gasteiger charge is -2.24. The SMILES string of the molecule is OCC1Cc2ccc(O)cc2CN1. The van der Waals surface area contributed by atoms with Crippen molar-refractivity contribution >= 4 is 0 Å². The van der Waals surface area contributed by atoms with Gasteiger partial charge in [-0.15, -0.1) is 0 Å². The fourth-order valence-corrected chi connectivity index (χ4v) is 1.70. The summed E-state index contributed by atoms with van der Waals surface area (Å²) in [6, 6.07) is 5.56. The zero-order valence-electron chi connectivity index (χ0n) is 7.33. The second-order valence-electron chi connectivity index (χ2n) is 3.42. The number of rotatable bonds is 1. The van der Waals surface area contributed by atoms with Gasteiger partial charge < -0.3 is 15.5 Å². The summed E-state index contributed by atoms with van der Waals surface area (Å²) in [5.74, 6) is 0.308. The van der Waals surface area contributed by atoms with Gasteiger partial charge in [0.15, 0.2) is 0 Å². The van der Waals surface area contributed by atoms with Crippen molar-refractivity contribution in [1.29, 1.82) is 0 Å². The maximum absolute atomic E-state index is 9.23. The van der Waals surface area contributed by atoms with Gasteiger partial charge in [0.25, 0.3) is 0 Å². The highest BCUT2D eigenvalue weighted by Crippen LogP contribution is 2.21. The molecular weight excluding hydrogens is 166 g/mol. The van der Waals surface area contributed by atoms with Crippen LogP contribution < -0.4 is 5.32 Å². The quantitative estimate of drug-likeness (QED) is 0.585. The molecule has 1 aliphatic rings. The van der Waals surface area contributed by atoms with E-state index in [1.165, 1.54) is 5.56 Å². The summed E-state index contributed by atoms with van der Waals surface area (Å²) in [5, 5.41) is 21.4. The van der Waals surface area contributed by atoms with Gasteiger partial charge in [-0.3, -0.25) is 0 Å². The third kappa shape index (κ3) is 1.66. The second kappa shape index (κ2) is 3.36. The number of aliphatic hydroxyl groups is 1. The Kier molecular flexibility index (Phi) is 2.20. The summed E-state index contributed by atoms with van der Waals surface area (Å²) >= 11 is 0. The van der Waals surface area contributed by atoms with Gasteiger partial charge in [-0.1, -0.05) is 6.07 Å². The number of phenolic OH excluding ortho intramolecular Hbond substituents is 1. The van der Waals surface area contributed by atoms with Crippen molar-refractivity contribution in [2.45, 2.75) is 19.0 Å². The number of fused-ring (bicyclic) bond motifs is 1. The molecule has 0 aromatic heterocycles. The smallest absolute Gasteiger partial charge is 0.115 e. The average Bonchev–Trinajstić information content (AvgIpc) is 2.17. The Bertz CT molecular complexity index is 312. The Labute approximate surface area is 77.0 Å². The molecule has 2 rings (SSSR count). The Morgan fingerprint density at radius 3 is 3.00 bits per heavy atom. The van der Waals surface area contributed by atoms with Crippen LogP contribution >= 0.6 is 0 Å². The fourth-order valence-electron chi connectivity index (χ4n) is 1.70. The van der Waals surface area contributed by atoms with Crippen molar-refractivity contribution in [3.63, 3.8) is 0 Å². The van der Waals surface area contributed by atoms with E-state index in [9.17, 15) is 5.11 Å². The average molecular weight is 179 g/mol. The van der Waals surface area contributed by atoms with Crippen LogP contribution in [0.1, 0.15) is 11.1 Å². The molecule has 0 spiro atoms. The van der Waals surface area contributed by atoms with Crippen LogP contribution in [0.15, 0.2) is 18.2 Å². The maximum atomic E-state index is 9.23.